The van der Waals surface area contributed by atoms with Crippen LogP contribution in [-0.4, -0.2) is 32.5 Å². The molecule has 0 heterocycles. The van der Waals surface area contributed by atoms with Crippen molar-refractivity contribution < 1.29 is 35.9 Å². The summed E-state index contributed by atoms with van der Waals surface area (Å²) in [6, 6.07) is 10.9. The van der Waals surface area contributed by atoms with Gasteiger partial charge in [0.05, 0.1) is 10.9 Å². The van der Waals surface area contributed by atoms with Crippen molar-refractivity contribution in [1.82, 2.24) is 10.0 Å². The fourth-order valence-corrected chi connectivity index (χ4v) is 4.05. The lowest BCUT2D eigenvalue weighted by Crippen LogP contribution is -2.45. The van der Waals surface area contributed by atoms with Crippen LogP contribution in [0.3, 0.4) is 0 Å². The van der Waals surface area contributed by atoms with Gasteiger partial charge < -0.3 is 14.8 Å². The van der Waals surface area contributed by atoms with Gasteiger partial charge in [-0.2, -0.15) is 0 Å². The Morgan fingerprint density at radius 2 is 1.53 bits per heavy atom. The summed E-state index contributed by atoms with van der Waals surface area (Å²) in [4.78, 5) is 12.1. The second-order valence-electron chi connectivity index (χ2n) is 7.96. The van der Waals surface area contributed by atoms with Crippen LogP contribution in [0.4, 0.5) is 18.0 Å². The van der Waals surface area contributed by atoms with Crippen molar-refractivity contribution >= 4 is 16.1 Å². The van der Waals surface area contributed by atoms with Crippen molar-refractivity contribution in [2.75, 3.05) is 0 Å². The third kappa shape index (κ3) is 8.04. The quantitative estimate of drug-likeness (QED) is 0.616. The van der Waals surface area contributed by atoms with E-state index in [0.717, 1.165) is 24.3 Å². The van der Waals surface area contributed by atoms with Gasteiger partial charge in [0.15, 0.2) is 0 Å². The molecule has 1 amide bonds. The number of nitrogens with one attached hydrogen (secondary N) is 2. The number of benzene rings is 2. The fraction of sp³-hybridized carbons (Fsp3) is 0.381. The van der Waals surface area contributed by atoms with Crippen molar-refractivity contribution in [3.63, 3.8) is 0 Å². The monoisotopic (exact) mass is 474 g/mol. The van der Waals surface area contributed by atoms with E-state index in [-0.39, 0.29) is 4.90 Å². The third-order valence-corrected chi connectivity index (χ3v) is 5.61. The zero-order chi connectivity index (χ0) is 24.2. The molecule has 11 heteroatoms. The summed E-state index contributed by atoms with van der Waals surface area (Å²) < 4.78 is 73.9. The summed E-state index contributed by atoms with van der Waals surface area (Å²) in [5.41, 5.74) is -0.128. The minimum absolute atomic E-state index is 0.261. The smallest absolute Gasteiger partial charge is 0.444 e. The number of hydrogen-bond donors (Lipinski definition) is 2. The molecular formula is C21H25F3N2O5S. The molecule has 2 atom stereocenters. The van der Waals surface area contributed by atoms with Crippen LogP contribution in [0.5, 0.6) is 5.75 Å². The number of alkyl carbamates (subject to hydrolysis) is 1. The summed E-state index contributed by atoms with van der Waals surface area (Å²) in [7, 11) is -4.12. The normalized spacial score (nSPS) is 14.3. The molecule has 0 bridgehead atoms. The minimum Gasteiger partial charge on any atom is -0.444 e. The van der Waals surface area contributed by atoms with Gasteiger partial charge in [0.25, 0.3) is 0 Å². The summed E-state index contributed by atoms with van der Waals surface area (Å²) in [5, 5.41) is 2.67. The van der Waals surface area contributed by atoms with Crippen LogP contribution in [0.25, 0.3) is 0 Å². The van der Waals surface area contributed by atoms with Crippen LogP contribution < -0.4 is 14.8 Å². The van der Waals surface area contributed by atoms with Crippen LogP contribution in [0.2, 0.25) is 0 Å². The SMILES string of the molecule is C[C@@H](NS(=O)(=O)c1ccc(OC(F)(F)F)cc1)[C@@H](NC(=O)OC(C)(C)C)c1ccccc1. The highest BCUT2D eigenvalue weighted by Crippen LogP contribution is 2.25. The van der Waals surface area contributed by atoms with E-state index in [1.807, 2.05) is 0 Å². The Labute approximate surface area is 185 Å². The first kappa shape index (κ1) is 25.5. The summed E-state index contributed by atoms with van der Waals surface area (Å²) >= 11 is 0. The Morgan fingerprint density at radius 3 is 2.03 bits per heavy atom. The minimum atomic E-state index is -4.89. The zero-order valence-corrected chi connectivity index (χ0v) is 18.8. The molecule has 0 saturated heterocycles. The van der Waals surface area contributed by atoms with Crippen molar-refractivity contribution in [3.05, 3.63) is 60.2 Å². The maximum Gasteiger partial charge on any atom is 0.573 e. The van der Waals surface area contributed by atoms with Crippen molar-refractivity contribution in [2.24, 2.45) is 0 Å². The van der Waals surface area contributed by atoms with Gasteiger partial charge in [-0.05, 0) is 57.5 Å². The molecular weight excluding hydrogens is 449 g/mol. The largest absolute Gasteiger partial charge is 0.573 e. The standard InChI is InChI=1S/C21H25F3N2O5S/c1-14(18(15-8-6-5-7-9-15)25-19(27)31-20(2,3)4)26-32(28,29)17-12-10-16(11-13-17)30-21(22,23)24/h5-14,18,26H,1-4H3,(H,25,27)/t14-,18-/m1/s1. The highest BCUT2D eigenvalue weighted by molar-refractivity contribution is 7.89. The fourth-order valence-electron chi connectivity index (χ4n) is 2.79. The Kier molecular flexibility index (Phi) is 7.79. The molecule has 2 rings (SSSR count). The number of hydrogen-bond acceptors (Lipinski definition) is 5. The van der Waals surface area contributed by atoms with Crippen LogP contribution in [0, 0.1) is 0 Å². The van der Waals surface area contributed by atoms with E-state index in [1.54, 1.807) is 58.0 Å². The number of carbonyl (C=O) groups is 1. The number of ether oxygens (including phenoxy) is 2. The number of halogens is 3. The predicted molar refractivity (Wildman–Crippen MR) is 111 cm³/mol. The van der Waals surface area contributed by atoms with Gasteiger partial charge >= 0.3 is 12.5 Å². The molecule has 0 fully saturated rings. The van der Waals surface area contributed by atoms with E-state index < -0.39 is 45.9 Å². The van der Waals surface area contributed by atoms with Crippen LogP contribution in [0.15, 0.2) is 59.5 Å². The van der Waals surface area contributed by atoms with Crippen molar-refractivity contribution in [3.8, 4) is 5.75 Å². The average Bonchev–Trinajstić information content (AvgIpc) is 2.64. The molecule has 32 heavy (non-hydrogen) atoms. The van der Waals surface area contributed by atoms with Gasteiger partial charge in [0.1, 0.15) is 11.4 Å². The molecule has 176 valence electrons. The first-order valence-electron chi connectivity index (χ1n) is 9.59. The van der Waals surface area contributed by atoms with Crippen molar-refractivity contribution in [2.45, 2.75) is 56.6 Å². The molecule has 0 saturated carbocycles. The molecule has 0 aliphatic carbocycles. The first-order chi connectivity index (χ1) is 14.7. The summed E-state index contributed by atoms with van der Waals surface area (Å²) in [6.07, 6.45) is -5.62. The molecule has 7 nitrogen and oxygen atoms in total. The summed E-state index contributed by atoms with van der Waals surface area (Å²) in [6.45, 7) is 6.64. The van der Waals surface area contributed by atoms with E-state index in [2.05, 4.69) is 14.8 Å². The Bertz CT molecular complexity index is 1000. The molecule has 2 N–H and O–H groups in total. The van der Waals surface area contributed by atoms with E-state index in [0.29, 0.717) is 5.56 Å². The van der Waals surface area contributed by atoms with Gasteiger partial charge in [-0.1, -0.05) is 30.3 Å². The van der Waals surface area contributed by atoms with Crippen LogP contribution in [0.1, 0.15) is 39.3 Å². The number of carbonyl (C=O) groups excluding carboxylic acids is 1. The molecule has 2 aromatic rings. The van der Waals surface area contributed by atoms with E-state index in [1.165, 1.54) is 0 Å². The molecule has 0 spiro atoms. The number of sulfonamides is 1. The molecule has 0 aromatic heterocycles. The highest BCUT2D eigenvalue weighted by atomic mass is 32.2. The molecule has 0 aliphatic heterocycles. The second kappa shape index (κ2) is 9.78. The molecule has 2 aromatic carbocycles. The van der Waals surface area contributed by atoms with E-state index in [4.69, 9.17) is 4.74 Å². The number of rotatable bonds is 7. The number of amides is 1. The second-order valence-corrected chi connectivity index (χ2v) is 9.68. The lowest BCUT2D eigenvalue weighted by atomic mass is 10.0. The van der Waals surface area contributed by atoms with Crippen molar-refractivity contribution in [1.29, 1.82) is 0 Å². The Morgan fingerprint density at radius 1 is 0.969 bits per heavy atom. The maximum atomic E-state index is 12.8. The lowest BCUT2D eigenvalue weighted by molar-refractivity contribution is -0.274. The Balaban J connectivity index is 2.22. The summed E-state index contributed by atoms with van der Waals surface area (Å²) in [5.74, 6) is -0.543. The van der Waals surface area contributed by atoms with Gasteiger partial charge in [-0.15, -0.1) is 13.2 Å². The molecule has 0 aliphatic rings. The predicted octanol–water partition coefficient (Wildman–Crippen LogP) is 4.52. The third-order valence-electron chi connectivity index (χ3n) is 4.04. The molecule has 0 unspecified atom stereocenters. The van der Waals surface area contributed by atoms with Gasteiger partial charge in [0, 0.05) is 6.04 Å². The van der Waals surface area contributed by atoms with Crippen LogP contribution in [-0.2, 0) is 14.8 Å². The first-order valence-corrected chi connectivity index (χ1v) is 11.1. The van der Waals surface area contributed by atoms with Crippen LogP contribution >= 0.6 is 0 Å². The topological polar surface area (TPSA) is 93.7 Å². The van der Waals surface area contributed by atoms with Gasteiger partial charge in [-0.3, -0.25) is 0 Å². The number of alkyl halides is 3. The average molecular weight is 475 g/mol. The van der Waals surface area contributed by atoms with E-state index >= 15 is 0 Å². The molecule has 0 radical (unpaired) electrons. The Hall–Kier alpha value is -2.79. The van der Waals surface area contributed by atoms with E-state index in [9.17, 15) is 26.4 Å². The lowest BCUT2D eigenvalue weighted by Gasteiger charge is -2.28. The zero-order valence-electron chi connectivity index (χ0n) is 17.9. The van der Waals surface area contributed by atoms with Gasteiger partial charge in [-0.25, -0.2) is 17.9 Å². The van der Waals surface area contributed by atoms with Gasteiger partial charge in [0.2, 0.25) is 10.0 Å². The highest BCUT2D eigenvalue weighted by Gasteiger charge is 2.32. The maximum absolute atomic E-state index is 12.8.